The molecule has 0 fully saturated rings. The normalized spacial score (nSPS) is 10.7. The molecular formula is C24H25N3O2. The Hall–Kier alpha value is -3.47. The molecule has 1 aromatic heterocycles. The van der Waals surface area contributed by atoms with Gasteiger partial charge < -0.3 is 10.6 Å². The molecule has 29 heavy (non-hydrogen) atoms. The molecule has 2 amide bonds. The van der Waals surface area contributed by atoms with Gasteiger partial charge in [-0.15, -0.1) is 0 Å². The molecule has 0 bridgehead atoms. The number of nitrogens with one attached hydrogen (secondary N) is 2. The van der Waals surface area contributed by atoms with Crippen LogP contribution in [0.15, 0.2) is 60.8 Å². The molecule has 0 radical (unpaired) electrons. The van der Waals surface area contributed by atoms with E-state index in [9.17, 15) is 9.59 Å². The zero-order valence-electron chi connectivity index (χ0n) is 17.1. The van der Waals surface area contributed by atoms with Crippen LogP contribution in [0, 0.1) is 13.8 Å². The van der Waals surface area contributed by atoms with Crippen LogP contribution in [0.3, 0.4) is 0 Å². The fourth-order valence-electron chi connectivity index (χ4n) is 3.14. The predicted octanol–water partition coefficient (Wildman–Crippen LogP) is 5.33. The Bertz CT molecular complexity index is 1060. The van der Waals surface area contributed by atoms with E-state index in [0.29, 0.717) is 5.56 Å². The van der Waals surface area contributed by atoms with Crippen molar-refractivity contribution < 1.29 is 9.59 Å². The van der Waals surface area contributed by atoms with Gasteiger partial charge in [0.15, 0.2) is 0 Å². The number of pyridine rings is 1. The van der Waals surface area contributed by atoms with Gasteiger partial charge in [-0.25, -0.2) is 0 Å². The molecule has 0 aliphatic carbocycles. The lowest BCUT2D eigenvalue weighted by molar-refractivity contribution is 0.102. The molecular weight excluding hydrogens is 362 g/mol. The molecule has 0 saturated heterocycles. The van der Waals surface area contributed by atoms with Crippen molar-refractivity contribution in [2.45, 2.75) is 33.6 Å². The van der Waals surface area contributed by atoms with Crippen molar-refractivity contribution >= 4 is 23.2 Å². The fourth-order valence-corrected chi connectivity index (χ4v) is 3.14. The van der Waals surface area contributed by atoms with E-state index < -0.39 is 0 Å². The fraction of sp³-hybridized carbons (Fsp3) is 0.208. The maximum atomic E-state index is 12.7. The summed E-state index contributed by atoms with van der Waals surface area (Å²) in [6.45, 7) is 8.09. The van der Waals surface area contributed by atoms with Crippen LogP contribution in [0.1, 0.15) is 57.3 Å². The van der Waals surface area contributed by atoms with Gasteiger partial charge in [-0.05, 0) is 55.2 Å². The highest BCUT2D eigenvalue weighted by molar-refractivity contribution is 6.08. The molecule has 5 nitrogen and oxygen atoms in total. The van der Waals surface area contributed by atoms with E-state index in [2.05, 4.69) is 29.5 Å². The summed E-state index contributed by atoms with van der Waals surface area (Å²) in [6.07, 6.45) is 1.47. The van der Waals surface area contributed by atoms with Gasteiger partial charge in [0.05, 0.1) is 0 Å². The second-order valence-electron chi connectivity index (χ2n) is 7.40. The molecule has 0 saturated carbocycles. The number of benzene rings is 2. The van der Waals surface area contributed by atoms with Crippen molar-refractivity contribution in [1.82, 2.24) is 4.98 Å². The van der Waals surface area contributed by atoms with Gasteiger partial charge in [-0.1, -0.05) is 49.7 Å². The zero-order chi connectivity index (χ0) is 21.0. The van der Waals surface area contributed by atoms with E-state index in [0.717, 1.165) is 28.1 Å². The second kappa shape index (κ2) is 8.69. The maximum absolute atomic E-state index is 12.7. The predicted molar refractivity (Wildman–Crippen MR) is 117 cm³/mol. The number of nitrogens with zero attached hydrogens (tertiary/aromatic N) is 1. The molecule has 2 aromatic carbocycles. The maximum Gasteiger partial charge on any atom is 0.274 e. The van der Waals surface area contributed by atoms with Crippen LogP contribution in [0.4, 0.5) is 11.4 Å². The Morgan fingerprint density at radius 1 is 0.862 bits per heavy atom. The van der Waals surface area contributed by atoms with Crippen molar-refractivity contribution in [3.8, 4) is 0 Å². The Morgan fingerprint density at radius 3 is 2.31 bits per heavy atom. The van der Waals surface area contributed by atoms with E-state index in [1.165, 1.54) is 12.3 Å². The molecule has 5 heteroatoms. The van der Waals surface area contributed by atoms with Crippen LogP contribution in [0.25, 0.3) is 0 Å². The number of hydrogen-bond acceptors (Lipinski definition) is 3. The van der Waals surface area contributed by atoms with Crippen molar-refractivity contribution in [2.75, 3.05) is 10.6 Å². The number of rotatable bonds is 5. The third kappa shape index (κ3) is 4.88. The van der Waals surface area contributed by atoms with E-state index in [1.54, 1.807) is 6.07 Å². The Balaban J connectivity index is 1.78. The highest BCUT2D eigenvalue weighted by Gasteiger charge is 2.15. The molecule has 0 spiro atoms. The smallest absolute Gasteiger partial charge is 0.274 e. The Morgan fingerprint density at radius 2 is 1.59 bits per heavy atom. The summed E-state index contributed by atoms with van der Waals surface area (Å²) in [6, 6.07) is 16.6. The number of aryl methyl sites for hydroxylation is 2. The molecule has 3 aromatic rings. The first-order chi connectivity index (χ1) is 13.8. The monoisotopic (exact) mass is 387 g/mol. The van der Waals surface area contributed by atoms with E-state index in [1.807, 2.05) is 56.3 Å². The van der Waals surface area contributed by atoms with Gasteiger partial charge in [0.2, 0.25) is 0 Å². The molecule has 1 heterocycles. The third-order valence-electron chi connectivity index (χ3n) is 4.72. The summed E-state index contributed by atoms with van der Waals surface area (Å²) in [5.74, 6) is -0.357. The van der Waals surface area contributed by atoms with E-state index >= 15 is 0 Å². The number of aromatic nitrogens is 1. The van der Waals surface area contributed by atoms with E-state index in [-0.39, 0.29) is 23.4 Å². The number of para-hydroxylation sites is 1. The lowest BCUT2D eigenvalue weighted by Gasteiger charge is -2.13. The molecule has 0 unspecified atom stereocenters. The minimum absolute atomic E-state index is 0.192. The molecule has 0 aliphatic heterocycles. The average molecular weight is 387 g/mol. The molecule has 0 atom stereocenters. The van der Waals surface area contributed by atoms with Crippen molar-refractivity contribution in [2.24, 2.45) is 0 Å². The van der Waals surface area contributed by atoms with E-state index in [4.69, 9.17) is 0 Å². The number of hydrogen-bond donors (Lipinski definition) is 2. The van der Waals surface area contributed by atoms with Crippen LogP contribution in [0.5, 0.6) is 0 Å². The van der Waals surface area contributed by atoms with Crippen molar-refractivity contribution in [1.29, 1.82) is 0 Å². The van der Waals surface area contributed by atoms with Crippen LogP contribution in [-0.2, 0) is 0 Å². The van der Waals surface area contributed by atoms with Crippen LogP contribution >= 0.6 is 0 Å². The number of anilines is 2. The van der Waals surface area contributed by atoms with Crippen LogP contribution < -0.4 is 10.6 Å². The van der Waals surface area contributed by atoms with Crippen molar-refractivity contribution in [3.63, 3.8) is 0 Å². The molecule has 148 valence electrons. The average Bonchev–Trinajstić information content (AvgIpc) is 2.70. The lowest BCUT2D eigenvalue weighted by atomic mass is 10.0. The SMILES string of the molecule is Cc1ccc(NC(=O)c2ccnc(C(=O)Nc3ccccc3C(C)C)c2)c(C)c1. The minimum Gasteiger partial charge on any atom is -0.322 e. The Kier molecular flexibility index (Phi) is 6.07. The van der Waals surface area contributed by atoms with Gasteiger partial charge in [-0.2, -0.15) is 0 Å². The number of carbonyl (C=O) groups is 2. The summed E-state index contributed by atoms with van der Waals surface area (Å²) >= 11 is 0. The molecule has 3 rings (SSSR count). The first-order valence-electron chi connectivity index (χ1n) is 9.60. The summed E-state index contributed by atoms with van der Waals surface area (Å²) in [5, 5.41) is 5.80. The highest BCUT2D eigenvalue weighted by atomic mass is 16.2. The summed E-state index contributed by atoms with van der Waals surface area (Å²) < 4.78 is 0. The standard InChI is InChI=1S/C24H25N3O2/c1-15(2)19-7-5-6-8-21(19)27-24(29)22-14-18(11-12-25-22)23(28)26-20-10-9-16(3)13-17(20)4/h5-15H,1-4H3,(H,26,28)(H,27,29). The first-order valence-corrected chi connectivity index (χ1v) is 9.60. The van der Waals surface area contributed by atoms with Gasteiger partial charge in [0.25, 0.3) is 11.8 Å². The summed E-state index contributed by atoms with van der Waals surface area (Å²) in [5.41, 5.74) is 5.22. The zero-order valence-corrected chi connectivity index (χ0v) is 17.1. The van der Waals surface area contributed by atoms with Crippen LogP contribution in [-0.4, -0.2) is 16.8 Å². The van der Waals surface area contributed by atoms with Crippen molar-refractivity contribution in [3.05, 3.63) is 88.7 Å². The van der Waals surface area contributed by atoms with Gasteiger partial charge in [0, 0.05) is 23.1 Å². The number of amides is 2. The largest absolute Gasteiger partial charge is 0.322 e. The van der Waals surface area contributed by atoms with Crippen LogP contribution in [0.2, 0.25) is 0 Å². The molecule has 2 N–H and O–H groups in total. The number of carbonyl (C=O) groups excluding carboxylic acids is 2. The van der Waals surface area contributed by atoms with Gasteiger partial charge in [0.1, 0.15) is 5.69 Å². The third-order valence-corrected chi connectivity index (χ3v) is 4.72. The summed E-state index contributed by atoms with van der Waals surface area (Å²) in [7, 11) is 0. The highest BCUT2D eigenvalue weighted by Crippen LogP contribution is 2.24. The lowest BCUT2D eigenvalue weighted by Crippen LogP contribution is -2.18. The quantitative estimate of drug-likeness (QED) is 0.622. The van der Waals surface area contributed by atoms with Gasteiger partial charge in [-0.3, -0.25) is 14.6 Å². The molecule has 0 aliphatic rings. The summed E-state index contributed by atoms with van der Waals surface area (Å²) in [4.78, 5) is 29.5. The second-order valence-corrected chi connectivity index (χ2v) is 7.40. The Labute approximate surface area is 171 Å². The minimum atomic E-state index is -0.348. The topological polar surface area (TPSA) is 71.1 Å². The van der Waals surface area contributed by atoms with Gasteiger partial charge >= 0.3 is 0 Å². The first kappa shape index (κ1) is 20.3.